The fourth-order valence-electron chi connectivity index (χ4n) is 3.32. The summed E-state index contributed by atoms with van der Waals surface area (Å²) < 4.78 is 5.23. The Hall–Kier alpha value is -2.93. The highest BCUT2D eigenvalue weighted by Gasteiger charge is 2.36. The van der Waals surface area contributed by atoms with Crippen LogP contribution in [0, 0.1) is 0 Å². The van der Waals surface area contributed by atoms with E-state index >= 15 is 0 Å². The highest BCUT2D eigenvalue weighted by molar-refractivity contribution is 6.22. The third-order valence-corrected chi connectivity index (χ3v) is 4.90. The molecule has 1 fully saturated rings. The lowest BCUT2D eigenvalue weighted by molar-refractivity contribution is 0.0630. The standard InChI is InChI=1S/C19H19N3O4/c1-20-6-8-21(9-7-20)17(23)13-4-5-15-16(11-13)19(25)22(18(15)24)12-14-3-2-10-26-14/h2-5,10-11H,6-9,12H2,1H3. The smallest absolute Gasteiger partial charge is 0.261 e. The molecule has 1 aromatic heterocycles. The molecule has 4 rings (SSSR count). The minimum absolute atomic E-state index is 0.0844. The summed E-state index contributed by atoms with van der Waals surface area (Å²) in [6, 6.07) is 8.16. The molecular weight excluding hydrogens is 334 g/mol. The maximum atomic E-state index is 12.7. The monoisotopic (exact) mass is 353 g/mol. The van der Waals surface area contributed by atoms with Crippen LogP contribution in [0.2, 0.25) is 0 Å². The Morgan fingerprint density at radius 3 is 2.46 bits per heavy atom. The molecule has 134 valence electrons. The molecule has 26 heavy (non-hydrogen) atoms. The van der Waals surface area contributed by atoms with Gasteiger partial charge in [0.2, 0.25) is 0 Å². The number of likely N-dealkylation sites (N-methyl/N-ethyl adjacent to an activating group) is 1. The summed E-state index contributed by atoms with van der Waals surface area (Å²) in [6.07, 6.45) is 1.50. The van der Waals surface area contributed by atoms with E-state index in [2.05, 4.69) is 4.90 Å². The Balaban J connectivity index is 1.56. The zero-order valence-corrected chi connectivity index (χ0v) is 14.5. The van der Waals surface area contributed by atoms with Gasteiger partial charge in [0.15, 0.2) is 0 Å². The van der Waals surface area contributed by atoms with Crippen molar-refractivity contribution in [2.75, 3.05) is 33.2 Å². The summed E-state index contributed by atoms with van der Waals surface area (Å²) in [5.74, 6) is -0.326. The molecule has 0 atom stereocenters. The first-order valence-corrected chi connectivity index (χ1v) is 8.55. The van der Waals surface area contributed by atoms with Crippen LogP contribution in [-0.2, 0) is 6.54 Å². The van der Waals surface area contributed by atoms with Gasteiger partial charge in [0.1, 0.15) is 5.76 Å². The normalized spacial score (nSPS) is 17.7. The number of carbonyl (C=O) groups excluding carboxylic acids is 3. The van der Waals surface area contributed by atoms with E-state index in [0.717, 1.165) is 18.0 Å². The van der Waals surface area contributed by atoms with Crippen molar-refractivity contribution < 1.29 is 18.8 Å². The van der Waals surface area contributed by atoms with Gasteiger partial charge in [-0.05, 0) is 37.4 Å². The fraction of sp³-hybridized carbons (Fsp3) is 0.316. The van der Waals surface area contributed by atoms with Crippen LogP contribution < -0.4 is 0 Å². The van der Waals surface area contributed by atoms with Crippen LogP contribution in [0.3, 0.4) is 0 Å². The second kappa shape index (κ2) is 6.42. The number of benzene rings is 1. The Labute approximate surface area is 150 Å². The molecule has 7 nitrogen and oxygen atoms in total. The topological polar surface area (TPSA) is 74.1 Å². The van der Waals surface area contributed by atoms with Crippen molar-refractivity contribution in [3.63, 3.8) is 0 Å². The SMILES string of the molecule is CN1CCN(C(=O)c2ccc3c(c2)C(=O)N(Cc2ccco2)C3=O)CC1. The zero-order chi connectivity index (χ0) is 18.3. The van der Waals surface area contributed by atoms with Crippen LogP contribution in [0.4, 0.5) is 0 Å². The van der Waals surface area contributed by atoms with E-state index in [1.165, 1.54) is 6.26 Å². The average Bonchev–Trinajstić information content (AvgIpc) is 3.25. The van der Waals surface area contributed by atoms with Crippen molar-refractivity contribution in [1.82, 2.24) is 14.7 Å². The lowest BCUT2D eigenvalue weighted by Gasteiger charge is -2.32. The molecule has 0 radical (unpaired) electrons. The molecule has 0 N–H and O–H groups in total. The molecule has 2 aliphatic heterocycles. The highest BCUT2D eigenvalue weighted by Crippen LogP contribution is 2.26. The molecule has 3 amide bonds. The molecule has 0 saturated carbocycles. The molecule has 0 aliphatic carbocycles. The first-order chi connectivity index (χ1) is 12.5. The maximum absolute atomic E-state index is 12.7. The molecule has 1 saturated heterocycles. The van der Waals surface area contributed by atoms with Crippen LogP contribution in [0.5, 0.6) is 0 Å². The van der Waals surface area contributed by atoms with Gasteiger partial charge in [0.25, 0.3) is 17.7 Å². The van der Waals surface area contributed by atoms with Gasteiger partial charge in [-0.1, -0.05) is 0 Å². The molecule has 2 aliphatic rings. The second-order valence-corrected chi connectivity index (χ2v) is 6.63. The number of imide groups is 1. The minimum atomic E-state index is -0.394. The van der Waals surface area contributed by atoms with E-state index in [1.807, 2.05) is 7.05 Å². The minimum Gasteiger partial charge on any atom is -0.467 e. The maximum Gasteiger partial charge on any atom is 0.261 e. The second-order valence-electron chi connectivity index (χ2n) is 6.63. The molecule has 0 spiro atoms. The lowest BCUT2D eigenvalue weighted by Crippen LogP contribution is -2.47. The van der Waals surface area contributed by atoms with Gasteiger partial charge in [0, 0.05) is 31.7 Å². The van der Waals surface area contributed by atoms with E-state index in [1.54, 1.807) is 35.2 Å². The van der Waals surface area contributed by atoms with Crippen LogP contribution >= 0.6 is 0 Å². The summed E-state index contributed by atoms with van der Waals surface area (Å²) in [4.78, 5) is 43.0. The Bertz CT molecular complexity index is 867. The van der Waals surface area contributed by atoms with Gasteiger partial charge < -0.3 is 14.2 Å². The molecular formula is C19H19N3O4. The molecule has 0 unspecified atom stereocenters. The average molecular weight is 353 g/mol. The largest absolute Gasteiger partial charge is 0.467 e. The van der Waals surface area contributed by atoms with E-state index in [9.17, 15) is 14.4 Å². The van der Waals surface area contributed by atoms with Crippen molar-refractivity contribution in [3.8, 4) is 0 Å². The van der Waals surface area contributed by atoms with Gasteiger partial charge >= 0.3 is 0 Å². The third kappa shape index (κ3) is 2.80. The predicted molar refractivity (Wildman–Crippen MR) is 92.8 cm³/mol. The Morgan fingerprint density at radius 1 is 1.04 bits per heavy atom. The Morgan fingerprint density at radius 2 is 1.77 bits per heavy atom. The van der Waals surface area contributed by atoms with Gasteiger partial charge in [0.05, 0.1) is 23.9 Å². The predicted octanol–water partition coefficient (Wildman–Crippen LogP) is 1.46. The number of fused-ring (bicyclic) bond motifs is 1. The van der Waals surface area contributed by atoms with Crippen LogP contribution in [0.15, 0.2) is 41.0 Å². The van der Waals surface area contributed by atoms with Crippen molar-refractivity contribution in [3.05, 3.63) is 59.0 Å². The van der Waals surface area contributed by atoms with Crippen molar-refractivity contribution in [2.45, 2.75) is 6.54 Å². The van der Waals surface area contributed by atoms with E-state index < -0.39 is 5.91 Å². The fourth-order valence-corrected chi connectivity index (χ4v) is 3.32. The third-order valence-electron chi connectivity index (χ3n) is 4.90. The summed E-state index contributed by atoms with van der Waals surface area (Å²) in [5.41, 5.74) is 1.05. The molecule has 3 heterocycles. The lowest BCUT2D eigenvalue weighted by atomic mass is 10.0. The van der Waals surface area contributed by atoms with E-state index in [-0.39, 0.29) is 23.9 Å². The molecule has 1 aromatic carbocycles. The first kappa shape index (κ1) is 16.5. The number of hydrogen-bond acceptors (Lipinski definition) is 5. The summed E-state index contributed by atoms with van der Waals surface area (Å²) in [6.45, 7) is 3.05. The van der Waals surface area contributed by atoms with Crippen LogP contribution in [-0.4, -0.2) is 65.6 Å². The summed E-state index contributed by atoms with van der Waals surface area (Å²) in [5, 5.41) is 0. The summed E-state index contributed by atoms with van der Waals surface area (Å²) in [7, 11) is 2.02. The zero-order valence-electron chi connectivity index (χ0n) is 14.5. The van der Waals surface area contributed by atoms with Gasteiger partial charge in [-0.25, -0.2) is 0 Å². The highest BCUT2D eigenvalue weighted by atomic mass is 16.3. The number of furan rings is 1. The first-order valence-electron chi connectivity index (χ1n) is 8.55. The van der Waals surface area contributed by atoms with E-state index in [0.29, 0.717) is 30.0 Å². The molecule has 2 aromatic rings. The number of nitrogens with zero attached hydrogens (tertiary/aromatic N) is 3. The van der Waals surface area contributed by atoms with Crippen molar-refractivity contribution in [1.29, 1.82) is 0 Å². The number of hydrogen-bond donors (Lipinski definition) is 0. The summed E-state index contributed by atoms with van der Waals surface area (Å²) >= 11 is 0. The molecule has 0 bridgehead atoms. The Kier molecular flexibility index (Phi) is 4.08. The van der Waals surface area contributed by atoms with Crippen molar-refractivity contribution in [2.24, 2.45) is 0 Å². The van der Waals surface area contributed by atoms with Gasteiger partial charge in [-0.3, -0.25) is 19.3 Å². The number of carbonyl (C=O) groups is 3. The van der Waals surface area contributed by atoms with E-state index in [4.69, 9.17) is 4.42 Å². The van der Waals surface area contributed by atoms with Crippen molar-refractivity contribution >= 4 is 17.7 Å². The quantitative estimate of drug-likeness (QED) is 0.781. The van der Waals surface area contributed by atoms with Gasteiger partial charge in [-0.15, -0.1) is 0 Å². The van der Waals surface area contributed by atoms with Crippen LogP contribution in [0.25, 0.3) is 0 Å². The number of amides is 3. The molecule has 7 heteroatoms. The number of rotatable bonds is 3. The van der Waals surface area contributed by atoms with Gasteiger partial charge in [-0.2, -0.15) is 0 Å². The number of piperazine rings is 1. The van der Waals surface area contributed by atoms with Crippen LogP contribution in [0.1, 0.15) is 36.8 Å².